The zero-order chi connectivity index (χ0) is 10.7. The number of hydrogen-bond acceptors (Lipinski definition) is 5. The van der Waals surface area contributed by atoms with Crippen LogP contribution in [0.25, 0.3) is 0 Å². The van der Waals surface area contributed by atoms with E-state index < -0.39 is 5.54 Å². The predicted molar refractivity (Wildman–Crippen MR) is 58.0 cm³/mol. The van der Waals surface area contributed by atoms with Crippen LogP contribution in [0, 0.1) is 17.2 Å². The summed E-state index contributed by atoms with van der Waals surface area (Å²) in [4.78, 5) is 8.17. The minimum Gasteiger partial charge on any atom is -0.312 e. The van der Waals surface area contributed by atoms with Crippen LogP contribution in [0.15, 0.2) is 23.6 Å². The lowest BCUT2D eigenvalue weighted by molar-refractivity contribution is 0.532. The molecule has 1 aliphatic carbocycles. The summed E-state index contributed by atoms with van der Waals surface area (Å²) in [5.41, 5.74) is 5.31. The molecule has 0 amide bonds. The van der Waals surface area contributed by atoms with E-state index >= 15 is 0 Å². The Hall–Kier alpha value is -1.12. The topological polar surface area (TPSA) is 75.6 Å². The molecular weight excluding hydrogens is 208 g/mol. The Morgan fingerprint density at radius 1 is 1.53 bits per heavy atom. The molecule has 2 N–H and O–H groups in total. The molecule has 2 rings (SSSR count). The van der Waals surface area contributed by atoms with Gasteiger partial charge in [0.1, 0.15) is 5.54 Å². The molecule has 15 heavy (non-hydrogen) atoms. The van der Waals surface area contributed by atoms with Crippen LogP contribution < -0.4 is 5.73 Å². The number of nitrogens with zero attached hydrogens (tertiary/aromatic N) is 3. The van der Waals surface area contributed by atoms with Gasteiger partial charge in [-0.1, -0.05) is 11.8 Å². The molecular formula is C10H12N4S. The average molecular weight is 220 g/mol. The van der Waals surface area contributed by atoms with E-state index in [1.54, 1.807) is 18.5 Å². The number of rotatable bonds is 4. The molecule has 0 spiro atoms. The fourth-order valence-corrected chi connectivity index (χ4v) is 2.32. The SMILES string of the molecule is N#CC(N)(CSc1ncccn1)C1CC1. The zero-order valence-electron chi connectivity index (χ0n) is 8.26. The van der Waals surface area contributed by atoms with E-state index in [0.717, 1.165) is 12.8 Å². The monoisotopic (exact) mass is 220 g/mol. The molecule has 1 saturated carbocycles. The molecule has 1 fully saturated rings. The van der Waals surface area contributed by atoms with Gasteiger partial charge in [-0.15, -0.1) is 0 Å². The van der Waals surface area contributed by atoms with Crippen molar-refractivity contribution >= 4 is 11.8 Å². The van der Waals surface area contributed by atoms with Crippen LogP contribution in [0.4, 0.5) is 0 Å². The third-order valence-corrected chi connectivity index (χ3v) is 3.59. The molecule has 1 aromatic rings. The Balaban J connectivity index is 1.95. The van der Waals surface area contributed by atoms with Gasteiger partial charge in [-0.25, -0.2) is 9.97 Å². The van der Waals surface area contributed by atoms with E-state index in [9.17, 15) is 0 Å². The maximum Gasteiger partial charge on any atom is 0.187 e. The third kappa shape index (κ3) is 2.46. The summed E-state index contributed by atoms with van der Waals surface area (Å²) >= 11 is 1.45. The van der Waals surface area contributed by atoms with Crippen molar-refractivity contribution in [1.82, 2.24) is 9.97 Å². The van der Waals surface area contributed by atoms with Crippen molar-refractivity contribution in [3.8, 4) is 6.07 Å². The van der Waals surface area contributed by atoms with E-state index in [2.05, 4.69) is 16.0 Å². The maximum absolute atomic E-state index is 9.04. The van der Waals surface area contributed by atoms with Gasteiger partial charge in [0.2, 0.25) is 0 Å². The number of nitrogens with two attached hydrogens (primary N) is 1. The highest BCUT2D eigenvalue weighted by Crippen LogP contribution is 2.40. The summed E-state index contributed by atoms with van der Waals surface area (Å²) in [5.74, 6) is 0.928. The van der Waals surface area contributed by atoms with Gasteiger partial charge >= 0.3 is 0 Å². The van der Waals surface area contributed by atoms with Crippen molar-refractivity contribution in [2.45, 2.75) is 23.5 Å². The van der Waals surface area contributed by atoms with Crippen molar-refractivity contribution in [2.75, 3.05) is 5.75 Å². The lowest BCUT2D eigenvalue weighted by Gasteiger charge is -2.19. The molecule has 1 heterocycles. The molecule has 1 atom stereocenters. The van der Waals surface area contributed by atoms with E-state index in [1.807, 2.05) is 0 Å². The predicted octanol–water partition coefficient (Wildman–Crippen LogP) is 1.20. The van der Waals surface area contributed by atoms with Crippen molar-refractivity contribution in [3.63, 3.8) is 0 Å². The first-order valence-corrected chi connectivity index (χ1v) is 5.83. The highest BCUT2D eigenvalue weighted by Gasteiger charge is 2.42. The number of aromatic nitrogens is 2. The van der Waals surface area contributed by atoms with Crippen LogP contribution in [0.3, 0.4) is 0 Å². The van der Waals surface area contributed by atoms with Crippen LogP contribution in [0.2, 0.25) is 0 Å². The van der Waals surface area contributed by atoms with Gasteiger partial charge in [0.15, 0.2) is 5.16 Å². The number of thioether (sulfide) groups is 1. The molecule has 0 radical (unpaired) electrons. The third-order valence-electron chi connectivity index (χ3n) is 2.50. The number of hydrogen-bond donors (Lipinski definition) is 1. The molecule has 0 bridgehead atoms. The van der Waals surface area contributed by atoms with Crippen molar-refractivity contribution in [1.29, 1.82) is 5.26 Å². The van der Waals surface area contributed by atoms with E-state index in [1.165, 1.54) is 11.8 Å². The van der Waals surface area contributed by atoms with E-state index in [4.69, 9.17) is 11.0 Å². The van der Waals surface area contributed by atoms with Gasteiger partial charge in [-0.05, 0) is 24.8 Å². The molecule has 1 aliphatic rings. The molecule has 5 heteroatoms. The van der Waals surface area contributed by atoms with Gasteiger partial charge in [-0.3, -0.25) is 0 Å². The molecule has 1 aromatic heterocycles. The largest absolute Gasteiger partial charge is 0.312 e. The van der Waals surface area contributed by atoms with Crippen LogP contribution in [0.1, 0.15) is 12.8 Å². The summed E-state index contributed by atoms with van der Waals surface area (Å²) < 4.78 is 0. The van der Waals surface area contributed by atoms with E-state index in [0.29, 0.717) is 16.8 Å². The highest BCUT2D eigenvalue weighted by atomic mass is 32.2. The first-order chi connectivity index (χ1) is 7.24. The average Bonchev–Trinajstić information content (AvgIpc) is 3.11. The van der Waals surface area contributed by atoms with Crippen molar-refractivity contribution in [3.05, 3.63) is 18.5 Å². The Morgan fingerprint density at radius 2 is 2.20 bits per heavy atom. The van der Waals surface area contributed by atoms with Gasteiger partial charge in [-0.2, -0.15) is 5.26 Å². The Bertz CT molecular complexity index is 371. The first-order valence-electron chi connectivity index (χ1n) is 4.84. The summed E-state index contributed by atoms with van der Waals surface area (Å²) in [6.45, 7) is 0. The Kier molecular flexibility index (Phi) is 2.89. The first kappa shape index (κ1) is 10.4. The van der Waals surface area contributed by atoms with Gasteiger partial charge in [0, 0.05) is 18.1 Å². The van der Waals surface area contributed by atoms with Gasteiger partial charge in [0.05, 0.1) is 6.07 Å². The molecule has 0 aromatic carbocycles. The van der Waals surface area contributed by atoms with Gasteiger partial charge < -0.3 is 5.73 Å². The zero-order valence-corrected chi connectivity index (χ0v) is 9.07. The van der Waals surface area contributed by atoms with Crippen molar-refractivity contribution < 1.29 is 0 Å². The molecule has 78 valence electrons. The normalized spacial score (nSPS) is 19.2. The summed E-state index contributed by atoms with van der Waals surface area (Å²) in [6, 6.07) is 3.98. The fraction of sp³-hybridized carbons (Fsp3) is 0.500. The van der Waals surface area contributed by atoms with E-state index in [-0.39, 0.29) is 0 Å². The van der Waals surface area contributed by atoms with Crippen LogP contribution >= 0.6 is 11.8 Å². The van der Waals surface area contributed by atoms with Crippen molar-refractivity contribution in [2.24, 2.45) is 11.7 Å². The van der Waals surface area contributed by atoms with Crippen LogP contribution in [-0.4, -0.2) is 21.3 Å². The minimum absolute atomic E-state index is 0.360. The molecule has 0 aliphatic heterocycles. The highest BCUT2D eigenvalue weighted by molar-refractivity contribution is 7.99. The Morgan fingerprint density at radius 3 is 2.73 bits per heavy atom. The number of nitriles is 1. The van der Waals surface area contributed by atoms with Gasteiger partial charge in [0.25, 0.3) is 0 Å². The van der Waals surface area contributed by atoms with Crippen LogP contribution in [-0.2, 0) is 0 Å². The fourth-order valence-electron chi connectivity index (χ4n) is 1.38. The smallest absolute Gasteiger partial charge is 0.187 e. The Labute approximate surface area is 92.9 Å². The summed E-state index contributed by atoms with van der Waals surface area (Å²) in [7, 11) is 0. The molecule has 1 unspecified atom stereocenters. The minimum atomic E-state index is -0.704. The second-order valence-electron chi connectivity index (χ2n) is 3.75. The summed E-state index contributed by atoms with van der Waals surface area (Å²) in [6.07, 6.45) is 5.52. The lowest BCUT2D eigenvalue weighted by Crippen LogP contribution is -2.43. The molecule has 4 nitrogen and oxygen atoms in total. The quantitative estimate of drug-likeness (QED) is 0.609. The molecule has 0 saturated heterocycles. The second kappa shape index (κ2) is 4.17. The maximum atomic E-state index is 9.04. The lowest BCUT2D eigenvalue weighted by atomic mass is 10.00. The summed E-state index contributed by atoms with van der Waals surface area (Å²) in [5, 5.41) is 9.73. The second-order valence-corrected chi connectivity index (χ2v) is 4.69. The van der Waals surface area contributed by atoms with Crippen LogP contribution in [0.5, 0.6) is 0 Å². The standard InChI is InChI=1S/C10H12N4S/c11-6-10(12,8-2-3-8)7-15-9-13-4-1-5-14-9/h1,4-5,8H,2-3,7,12H2.